The van der Waals surface area contributed by atoms with Crippen molar-refractivity contribution in [1.82, 2.24) is 14.7 Å². The summed E-state index contributed by atoms with van der Waals surface area (Å²) >= 11 is 12.8. The number of piperazine rings is 1. The van der Waals surface area contributed by atoms with Crippen LogP contribution in [0.15, 0.2) is 29.2 Å². The van der Waals surface area contributed by atoms with Gasteiger partial charge in [-0.15, -0.1) is 0 Å². The number of hydrogen-bond acceptors (Lipinski definition) is 6. The average Bonchev–Trinajstić information content (AvgIpc) is 2.90. The van der Waals surface area contributed by atoms with Crippen LogP contribution >= 0.6 is 35.6 Å². The second-order valence-electron chi connectivity index (χ2n) is 6.72. The van der Waals surface area contributed by atoms with Gasteiger partial charge in [0.15, 0.2) is 0 Å². The van der Waals surface area contributed by atoms with Crippen molar-refractivity contribution >= 4 is 57.7 Å². The molecule has 2 heterocycles. The van der Waals surface area contributed by atoms with Crippen molar-refractivity contribution in [2.75, 3.05) is 46.3 Å². The third-order valence-corrected chi connectivity index (χ3v) is 6.40. The minimum Gasteiger partial charge on any atom is -0.304 e. The van der Waals surface area contributed by atoms with Crippen molar-refractivity contribution in [2.24, 2.45) is 0 Å². The van der Waals surface area contributed by atoms with Gasteiger partial charge in [-0.1, -0.05) is 53.8 Å². The number of thiocarbonyl (C=S) groups is 1. The standard InChI is InChI=1S/C19H22ClN3O2S2/c1-21-8-10-22(11-9-21)13-15(24)6-7-23-18(25)17(27-19(23)26)12-14-4-2-3-5-16(14)20/h2-5,12H,6-11,13H2,1H3/b17-12-. The van der Waals surface area contributed by atoms with E-state index in [1.165, 1.54) is 16.7 Å². The first-order chi connectivity index (χ1) is 12.9. The Morgan fingerprint density at radius 2 is 1.96 bits per heavy atom. The molecule has 1 aromatic carbocycles. The fraction of sp³-hybridized carbons (Fsp3) is 0.421. The number of amides is 1. The summed E-state index contributed by atoms with van der Waals surface area (Å²) in [5, 5.41) is 0.588. The van der Waals surface area contributed by atoms with E-state index in [4.69, 9.17) is 23.8 Å². The Kier molecular flexibility index (Phi) is 7.05. The molecule has 1 aromatic rings. The molecule has 2 aliphatic heterocycles. The molecule has 0 bridgehead atoms. The molecule has 3 rings (SSSR count). The van der Waals surface area contributed by atoms with Crippen LogP contribution in [-0.2, 0) is 9.59 Å². The molecule has 0 aromatic heterocycles. The summed E-state index contributed by atoms with van der Waals surface area (Å²) in [4.78, 5) is 31.4. The monoisotopic (exact) mass is 423 g/mol. The van der Waals surface area contributed by atoms with Crippen molar-refractivity contribution in [1.29, 1.82) is 0 Å². The molecule has 2 fully saturated rings. The second kappa shape index (κ2) is 9.30. The van der Waals surface area contributed by atoms with Crippen molar-refractivity contribution in [2.45, 2.75) is 6.42 Å². The van der Waals surface area contributed by atoms with Crippen molar-refractivity contribution in [3.05, 3.63) is 39.8 Å². The van der Waals surface area contributed by atoms with E-state index < -0.39 is 0 Å². The zero-order chi connectivity index (χ0) is 19.4. The molecule has 0 N–H and O–H groups in total. The molecule has 0 spiro atoms. The molecule has 0 unspecified atom stereocenters. The van der Waals surface area contributed by atoms with Crippen LogP contribution in [-0.4, -0.2) is 77.0 Å². The largest absolute Gasteiger partial charge is 0.304 e. The van der Waals surface area contributed by atoms with Gasteiger partial charge in [-0.3, -0.25) is 19.4 Å². The summed E-state index contributed by atoms with van der Waals surface area (Å²) in [6.45, 7) is 4.55. The minimum atomic E-state index is -0.155. The Labute approximate surface area is 174 Å². The predicted octanol–water partition coefficient (Wildman–Crippen LogP) is 2.75. The van der Waals surface area contributed by atoms with Gasteiger partial charge in [-0.05, 0) is 24.8 Å². The van der Waals surface area contributed by atoms with Gasteiger partial charge in [-0.25, -0.2) is 0 Å². The summed E-state index contributed by atoms with van der Waals surface area (Å²) in [5.41, 5.74) is 0.783. The van der Waals surface area contributed by atoms with Crippen LogP contribution in [0.25, 0.3) is 6.08 Å². The van der Waals surface area contributed by atoms with Gasteiger partial charge in [-0.2, -0.15) is 0 Å². The lowest BCUT2D eigenvalue weighted by Crippen LogP contribution is -2.46. The maximum Gasteiger partial charge on any atom is 0.266 e. The average molecular weight is 424 g/mol. The lowest BCUT2D eigenvalue weighted by molar-refractivity contribution is -0.123. The highest BCUT2D eigenvalue weighted by molar-refractivity contribution is 8.26. The Morgan fingerprint density at radius 3 is 2.67 bits per heavy atom. The molecule has 1 amide bonds. The number of Topliss-reactive ketones (excluding diaryl/α,β-unsaturated/α-hetero) is 1. The number of thioether (sulfide) groups is 1. The van der Waals surface area contributed by atoms with Crippen LogP contribution in [0.1, 0.15) is 12.0 Å². The molecule has 27 heavy (non-hydrogen) atoms. The van der Waals surface area contributed by atoms with Crippen molar-refractivity contribution in [3.63, 3.8) is 0 Å². The van der Waals surface area contributed by atoms with E-state index >= 15 is 0 Å². The van der Waals surface area contributed by atoms with Crippen LogP contribution < -0.4 is 0 Å². The van der Waals surface area contributed by atoms with Gasteiger partial charge in [0.1, 0.15) is 10.1 Å². The number of rotatable bonds is 6. The summed E-state index contributed by atoms with van der Waals surface area (Å²) in [6.07, 6.45) is 2.08. The first-order valence-electron chi connectivity index (χ1n) is 8.86. The van der Waals surface area contributed by atoms with Gasteiger partial charge < -0.3 is 4.90 Å². The predicted molar refractivity (Wildman–Crippen MR) is 115 cm³/mol. The molecule has 0 aliphatic carbocycles. The number of hydrogen-bond donors (Lipinski definition) is 0. The Bertz CT molecular complexity index is 776. The van der Waals surface area contributed by atoms with E-state index in [1.54, 1.807) is 12.1 Å². The summed E-state index contributed by atoms with van der Waals surface area (Å²) in [6, 6.07) is 7.35. The summed E-state index contributed by atoms with van der Waals surface area (Å²) in [7, 11) is 2.09. The number of ketones is 1. The Balaban J connectivity index is 1.55. The molecule has 144 valence electrons. The molecule has 0 atom stereocenters. The second-order valence-corrected chi connectivity index (χ2v) is 8.81. The first kappa shape index (κ1) is 20.5. The van der Waals surface area contributed by atoms with Gasteiger partial charge in [0.05, 0.1) is 11.4 Å². The normalized spacial score (nSPS) is 20.7. The van der Waals surface area contributed by atoms with Gasteiger partial charge in [0.25, 0.3) is 5.91 Å². The summed E-state index contributed by atoms with van der Waals surface area (Å²) in [5.74, 6) is -0.0130. The van der Waals surface area contributed by atoms with Gasteiger partial charge >= 0.3 is 0 Å². The maximum atomic E-state index is 12.6. The Morgan fingerprint density at radius 1 is 1.26 bits per heavy atom. The molecule has 5 nitrogen and oxygen atoms in total. The van der Waals surface area contributed by atoms with Crippen molar-refractivity contribution < 1.29 is 9.59 Å². The fourth-order valence-electron chi connectivity index (χ4n) is 3.00. The number of carbonyl (C=O) groups excluding carboxylic acids is 2. The molecular weight excluding hydrogens is 402 g/mol. The highest BCUT2D eigenvalue weighted by Crippen LogP contribution is 2.33. The van der Waals surface area contributed by atoms with Crippen LogP contribution in [0.5, 0.6) is 0 Å². The maximum absolute atomic E-state index is 12.6. The van der Waals surface area contributed by atoms with Crippen LogP contribution in [0.4, 0.5) is 0 Å². The Hall–Kier alpha value is -1.25. The van der Waals surface area contributed by atoms with E-state index in [0.717, 1.165) is 31.7 Å². The SMILES string of the molecule is CN1CCN(CC(=O)CCN2C(=O)/C(=C/c3ccccc3Cl)SC2=S)CC1. The molecule has 0 radical (unpaired) electrons. The van der Waals surface area contributed by atoms with Crippen molar-refractivity contribution in [3.8, 4) is 0 Å². The first-order valence-corrected chi connectivity index (χ1v) is 10.5. The third-order valence-electron chi connectivity index (χ3n) is 4.68. The molecule has 2 saturated heterocycles. The topological polar surface area (TPSA) is 43.9 Å². The highest BCUT2D eigenvalue weighted by Gasteiger charge is 2.32. The molecular formula is C19H22ClN3O2S2. The number of carbonyl (C=O) groups is 2. The number of nitrogens with zero attached hydrogens (tertiary/aromatic N) is 3. The number of halogens is 1. The van der Waals surface area contributed by atoms with Crippen LogP contribution in [0.3, 0.4) is 0 Å². The van der Waals surface area contributed by atoms with E-state index in [0.29, 0.717) is 33.8 Å². The molecule has 8 heteroatoms. The molecule has 0 saturated carbocycles. The van der Waals surface area contributed by atoms with E-state index in [1.807, 2.05) is 18.2 Å². The summed E-state index contributed by atoms with van der Waals surface area (Å²) < 4.78 is 0.491. The quantitative estimate of drug-likeness (QED) is 0.517. The zero-order valence-electron chi connectivity index (χ0n) is 15.2. The van der Waals surface area contributed by atoms with Crippen LogP contribution in [0, 0.1) is 0 Å². The highest BCUT2D eigenvalue weighted by atomic mass is 35.5. The van der Waals surface area contributed by atoms with E-state index in [2.05, 4.69) is 16.8 Å². The van der Waals surface area contributed by atoms with Crippen LogP contribution in [0.2, 0.25) is 5.02 Å². The number of likely N-dealkylation sites (N-methyl/N-ethyl adjacent to an activating group) is 1. The third kappa shape index (κ3) is 5.39. The van der Waals surface area contributed by atoms with E-state index in [-0.39, 0.29) is 11.7 Å². The smallest absolute Gasteiger partial charge is 0.266 e. The lowest BCUT2D eigenvalue weighted by Gasteiger charge is -2.31. The van der Waals surface area contributed by atoms with Gasteiger partial charge in [0.2, 0.25) is 0 Å². The lowest BCUT2D eigenvalue weighted by atomic mass is 10.2. The number of benzene rings is 1. The van der Waals surface area contributed by atoms with Gasteiger partial charge in [0, 0.05) is 44.2 Å². The zero-order valence-corrected chi connectivity index (χ0v) is 17.6. The fourth-order valence-corrected chi connectivity index (χ4v) is 4.49. The minimum absolute atomic E-state index is 0.142. The molecule has 2 aliphatic rings. The van der Waals surface area contributed by atoms with E-state index in [9.17, 15) is 9.59 Å².